The lowest BCUT2D eigenvalue weighted by Gasteiger charge is -2.32. The minimum Gasteiger partial charge on any atom is -1.00 e. The van der Waals surface area contributed by atoms with Crippen molar-refractivity contribution in [1.29, 1.82) is 0 Å². The molecule has 2 rings (SSSR count). The predicted octanol–water partition coefficient (Wildman–Crippen LogP) is 3.47. The zero-order chi connectivity index (χ0) is 48.9. The molecule has 0 unspecified atom stereocenters. The Morgan fingerprint density at radius 3 is 1.38 bits per heavy atom. The first kappa shape index (κ1) is 63.9. The molecule has 0 fully saturated rings. The Kier molecular flexibility index (Phi) is 35.3. The third-order valence-electron chi connectivity index (χ3n) is 9.60. The number of carbonyl (C=O) groups excluding carboxylic acids is 4. The maximum atomic E-state index is 13.6. The number of aromatic nitrogens is 4. The van der Waals surface area contributed by atoms with Gasteiger partial charge in [0.25, 0.3) is 5.91 Å². The lowest BCUT2D eigenvalue weighted by atomic mass is 10.1. The van der Waals surface area contributed by atoms with Gasteiger partial charge in [-0.15, -0.1) is 11.6 Å². The van der Waals surface area contributed by atoms with Crippen LogP contribution in [0.1, 0.15) is 110 Å². The highest BCUT2D eigenvalue weighted by Gasteiger charge is 2.25. The Hall–Kier alpha value is -3.20. The van der Waals surface area contributed by atoms with Crippen LogP contribution < -0.4 is 22.7 Å². The average molecular weight is 958 g/mol. The summed E-state index contributed by atoms with van der Waals surface area (Å²) < 4.78 is 6.07. The van der Waals surface area contributed by atoms with E-state index in [0.717, 1.165) is 78.3 Å². The molecule has 14 nitrogen and oxygen atoms in total. The maximum Gasteiger partial charge on any atom is 0.264 e. The third-order valence-corrected chi connectivity index (χ3v) is 9.83. The molecule has 378 valence electrons. The molecule has 0 radical (unpaired) electrons. The molecule has 16 heteroatoms. The van der Waals surface area contributed by atoms with Gasteiger partial charge in [-0.3, -0.25) is 24.1 Å². The van der Waals surface area contributed by atoms with E-state index in [4.69, 9.17) is 17.3 Å². The highest BCUT2D eigenvalue weighted by Crippen LogP contribution is 2.10. The maximum absolute atomic E-state index is 13.6. The smallest absolute Gasteiger partial charge is 0.264 e. The molecule has 65 heavy (non-hydrogen) atoms. The molecule has 0 spiro atoms. The number of carbonyl (C=O) groups is 4. The van der Waals surface area contributed by atoms with Gasteiger partial charge in [-0.2, -0.15) is 0 Å². The monoisotopic (exact) mass is 957 g/mol. The summed E-state index contributed by atoms with van der Waals surface area (Å²) in [5.41, 5.74) is 5.31. The summed E-state index contributed by atoms with van der Waals surface area (Å²) in [6, 6.07) is 0. The number of halogens is 2. The van der Waals surface area contributed by atoms with E-state index in [9.17, 15) is 19.2 Å². The van der Waals surface area contributed by atoms with Crippen LogP contribution >= 0.6 is 11.6 Å². The number of hydrogen-bond donors (Lipinski definition) is 1. The molecule has 2 heterocycles. The standard InChI is InChI=1S/C36H69N6O3.C7H14ClNO.C6H11N3.ClH/c1-28(2)18-40(19-29(3)4)34(43)24-38(25-35(44)41(20-30(5)6)21-31(7)8)15-13-14-37-16-17-39(27-37)26-36(45)42(22-32(9)10)23-33(11)12;1-6(2)5-9(3)7(10)4-8;7-2-1-4-9-5-3-8-6-9;/h16-17,27-33H,13-15,18-26H2,1-12H3;6H,4-5H2,1-3H3;3,5-6H,1-2,4,7H2;1H/q+1;;;/p-1. The Labute approximate surface area is 407 Å². The number of alkyl halides is 1. The van der Waals surface area contributed by atoms with Crippen LogP contribution in [0.5, 0.6) is 0 Å². The van der Waals surface area contributed by atoms with Crippen molar-refractivity contribution in [3.63, 3.8) is 0 Å². The summed E-state index contributed by atoms with van der Waals surface area (Å²) >= 11 is 5.34. The quantitative estimate of drug-likeness (QED) is 0.102. The second-order valence-electron chi connectivity index (χ2n) is 20.4. The molecule has 0 saturated carbocycles. The van der Waals surface area contributed by atoms with E-state index in [0.29, 0.717) is 54.5 Å². The van der Waals surface area contributed by atoms with Crippen LogP contribution in [0.15, 0.2) is 37.4 Å². The van der Waals surface area contributed by atoms with Gasteiger partial charge in [0.15, 0.2) is 6.54 Å². The van der Waals surface area contributed by atoms with Crippen molar-refractivity contribution < 1.29 is 36.2 Å². The zero-order valence-electron chi connectivity index (χ0n) is 43.5. The molecule has 2 aromatic rings. The summed E-state index contributed by atoms with van der Waals surface area (Å²) in [5.74, 6) is 3.29. The summed E-state index contributed by atoms with van der Waals surface area (Å²) in [6.07, 6.45) is 13.3. The summed E-state index contributed by atoms with van der Waals surface area (Å²) in [7, 11) is 1.77. The Morgan fingerprint density at radius 1 is 0.600 bits per heavy atom. The zero-order valence-corrected chi connectivity index (χ0v) is 45.0. The minimum atomic E-state index is -0.00429. The summed E-state index contributed by atoms with van der Waals surface area (Å²) in [4.78, 5) is 64.6. The van der Waals surface area contributed by atoms with Gasteiger partial charge in [0.2, 0.25) is 24.0 Å². The van der Waals surface area contributed by atoms with Gasteiger partial charge in [0.1, 0.15) is 18.3 Å². The second kappa shape index (κ2) is 35.9. The molecule has 0 aliphatic heterocycles. The van der Waals surface area contributed by atoms with Gasteiger partial charge in [-0.1, -0.05) is 96.9 Å². The van der Waals surface area contributed by atoms with Crippen LogP contribution in [-0.4, -0.2) is 147 Å². The molecular weight excluding hydrogens is 864 g/mol. The van der Waals surface area contributed by atoms with Gasteiger partial charge in [0, 0.05) is 78.3 Å². The molecule has 0 aliphatic carbocycles. The predicted molar refractivity (Wildman–Crippen MR) is 264 cm³/mol. The van der Waals surface area contributed by atoms with Crippen molar-refractivity contribution in [1.82, 2.24) is 38.6 Å². The van der Waals surface area contributed by atoms with Crippen LogP contribution in [0.3, 0.4) is 0 Å². The van der Waals surface area contributed by atoms with Crippen LogP contribution in [0.2, 0.25) is 0 Å². The van der Waals surface area contributed by atoms with Crippen molar-refractivity contribution in [2.75, 3.05) is 84.9 Å². The van der Waals surface area contributed by atoms with Crippen molar-refractivity contribution in [2.24, 2.45) is 47.2 Å². The van der Waals surface area contributed by atoms with Gasteiger partial charge < -0.3 is 42.3 Å². The molecule has 2 N–H and O–H groups in total. The van der Waals surface area contributed by atoms with Crippen LogP contribution in [0.4, 0.5) is 0 Å². The largest absolute Gasteiger partial charge is 1.00 e. The van der Waals surface area contributed by atoms with Gasteiger partial charge >= 0.3 is 0 Å². The molecular formula is C49H94Cl2N10O4. The lowest BCUT2D eigenvalue weighted by Crippen LogP contribution is -3.00. The van der Waals surface area contributed by atoms with Gasteiger partial charge in [-0.25, -0.2) is 14.1 Å². The van der Waals surface area contributed by atoms with Crippen LogP contribution in [0, 0.1) is 41.4 Å². The first-order valence-electron chi connectivity index (χ1n) is 24.0. The number of nitrogens with two attached hydrogens (primary N) is 1. The fraction of sp³-hybridized carbons (Fsp3) is 0.796. The topological polar surface area (TPSA) is 137 Å². The van der Waals surface area contributed by atoms with Crippen molar-refractivity contribution >= 4 is 35.2 Å². The molecule has 0 aliphatic rings. The first-order chi connectivity index (χ1) is 30.0. The third kappa shape index (κ3) is 32.2. The number of hydrogen-bond acceptors (Lipinski definition) is 7. The molecule has 2 aromatic heterocycles. The van der Waals surface area contributed by atoms with E-state index in [1.165, 1.54) is 0 Å². The Morgan fingerprint density at radius 2 is 1.02 bits per heavy atom. The number of aryl methyl sites for hydroxylation is 2. The fourth-order valence-corrected chi connectivity index (χ4v) is 7.32. The minimum absolute atomic E-state index is 0. The highest BCUT2D eigenvalue weighted by molar-refractivity contribution is 6.27. The second-order valence-corrected chi connectivity index (χ2v) is 20.7. The highest BCUT2D eigenvalue weighted by atomic mass is 35.5. The summed E-state index contributed by atoms with van der Waals surface area (Å²) in [5, 5.41) is 0. The number of nitrogens with zero attached hydrogens (tertiary/aromatic N) is 9. The van der Waals surface area contributed by atoms with E-state index < -0.39 is 0 Å². The van der Waals surface area contributed by atoms with E-state index >= 15 is 0 Å². The van der Waals surface area contributed by atoms with Crippen LogP contribution in [-0.2, 0) is 38.8 Å². The summed E-state index contributed by atoms with van der Waals surface area (Å²) in [6.45, 7) is 39.0. The Bertz CT molecular complexity index is 1460. The normalized spacial score (nSPS) is 11.3. The van der Waals surface area contributed by atoms with Crippen molar-refractivity contribution in [3.05, 3.63) is 37.4 Å². The molecule has 0 saturated heterocycles. The van der Waals surface area contributed by atoms with E-state index in [1.807, 2.05) is 53.7 Å². The average Bonchev–Trinajstić information content (AvgIpc) is 3.87. The van der Waals surface area contributed by atoms with E-state index in [1.54, 1.807) is 24.5 Å². The van der Waals surface area contributed by atoms with E-state index in [-0.39, 0.29) is 55.0 Å². The number of amides is 4. The lowest BCUT2D eigenvalue weighted by molar-refractivity contribution is -0.684. The SMILES string of the molecule is CC(C)CN(C)C(=O)CCl.CC(C)CN(CC(C)C)C(=O)CN(CCCn1cc[n+](CC(=O)N(CC(C)C)CC(C)C)c1)CC(=O)N(CC(C)C)CC(C)C.NCCCn1ccnc1.[Cl-]. The Balaban J connectivity index is 0. The molecule has 0 bridgehead atoms. The van der Waals surface area contributed by atoms with Crippen molar-refractivity contribution in [2.45, 2.75) is 129 Å². The van der Waals surface area contributed by atoms with Gasteiger partial charge in [0.05, 0.1) is 26.0 Å². The molecule has 0 atom stereocenters. The van der Waals surface area contributed by atoms with Gasteiger partial charge in [-0.05, 0) is 60.8 Å². The first-order valence-corrected chi connectivity index (χ1v) is 24.6. The molecule has 4 amide bonds. The van der Waals surface area contributed by atoms with E-state index in [2.05, 4.69) is 106 Å². The number of rotatable bonds is 28. The fourth-order valence-electron chi connectivity index (χ4n) is 7.12. The number of imidazole rings is 2. The van der Waals surface area contributed by atoms with Crippen molar-refractivity contribution in [3.8, 4) is 0 Å². The van der Waals surface area contributed by atoms with Crippen LogP contribution in [0.25, 0.3) is 0 Å². The molecule has 0 aromatic carbocycles.